The van der Waals surface area contributed by atoms with Crippen LogP contribution in [-0.4, -0.2) is 34.7 Å². The van der Waals surface area contributed by atoms with Crippen LogP contribution in [0.2, 0.25) is 0 Å². The zero-order valence-corrected chi connectivity index (χ0v) is 13.8. The lowest BCUT2D eigenvalue weighted by atomic mass is 10.1. The van der Waals surface area contributed by atoms with E-state index < -0.39 is 0 Å². The third-order valence-corrected chi connectivity index (χ3v) is 4.42. The highest BCUT2D eigenvalue weighted by Crippen LogP contribution is 2.31. The third-order valence-electron chi connectivity index (χ3n) is 4.42. The van der Waals surface area contributed by atoms with Crippen LogP contribution in [0.25, 0.3) is 0 Å². The van der Waals surface area contributed by atoms with Gasteiger partial charge in [-0.15, -0.1) is 5.10 Å². The van der Waals surface area contributed by atoms with Crippen molar-refractivity contribution in [3.05, 3.63) is 47.7 Å². The van der Waals surface area contributed by atoms with Crippen molar-refractivity contribution in [1.82, 2.24) is 15.1 Å². The zero-order chi connectivity index (χ0) is 16.9. The van der Waals surface area contributed by atoms with E-state index in [9.17, 15) is 4.79 Å². The molecule has 0 bridgehead atoms. The number of methoxy groups -OCH3 is 1. The van der Waals surface area contributed by atoms with E-state index in [-0.39, 0.29) is 11.9 Å². The van der Waals surface area contributed by atoms with Gasteiger partial charge in [0, 0.05) is 13.0 Å². The maximum atomic E-state index is 12.7. The number of aryl methyl sites for hydroxylation is 1. The smallest absolute Gasteiger partial charge is 0.223 e. The average molecular weight is 326 g/mol. The van der Waals surface area contributed by atoms with E-state index in [0.29, 0.717) is 18.7 Å². The van der Waals surface area contributed by atoms with Crippen molar-refractivity contribution >= 4 is 11.7 Å². The molecule has 126 valence electrons. The number of nitrogens with two attached hydrogens (primary N) is 1. The van der Waals surface area contributed by atoms with Crippen molar-refractivity contribution in [1.29, 1.82) is 0 Å². The summed E-state index contributed by atoms with van der Waals surface area (Å²) in [6, 6.07) is 11.4. The molecule has 1 aromatic carbocycles. The molecule has 2 aromatic rings. The van der Waals surface area contributed by atoms with Crippen LogP contribution in [0.15, 0.2) is 36.4 Å². The molecule has 0 radical (unpaired) electrons. The first kappa shape index (κ1) is 16.2. The first-order chi connectivity index (χ1) is 11.7. The second kappa shape index (κ2) is 7.29. The number of carbonyl (C=O) groups excluding carboxylic acids is 1. The second-order valence-electron chi connectivity index (χ2n) is 5.94. The van der Waals surface area contributed by atoms with Gasteiger partial charge in [0.1, 0.15) is 11.6 Å². The van der Waals surface area contributed by atoms with Gasteiger partial charge < -0.3 is 15.4 Å². The molecule has 2 N–H and O–H groups in total. The Kier molecular flexibility index (Phi) is 4.93. The normalized spacial score (nSPS) is 17.0. The van der Waals surface area contributed by atoms with Crippen molar-refractivity contribution < 1.29 is 9.53 Å². The SMILES string of the molecule is COc1ccccc1CCC(=O)N1CCCC1c1ccc(N)nn1. The Balaban J connectivity index is 1.66. The lowest BCUT2D eigenvalue weighted by molar-refractivity contribution is -0.132. The van der Waals surface area contributed by atoms with Crippen LogP contribution < -0.4 is 10.5 Å². The number of nitrogen functional groups attached to an aromatic ring is 1. The Labute approximate surface area is 141 Å². The molecule has 1 fully saturated rings. The van der Waals surface area contributed by atoms with Crippen LogP contribution in [0.1, 0.15) is 36.6 Å². The van der Waals surface area contributed by atoms with Crippen LogP contribution in [0.3, 0.4) is 0 Å². The Morgan fingerprint density at radius 2 is 2.12 bits per heavy atom. The van der Waals surface area contributed by atoms with E-state index in [4.69, 9.17) is 10.5 Å². The van der Waals surface area contributed by atoms with Crippen LogP contribution in [0.5, 0.6) is 5.75 Å². The number of likely N-dealkylation sites (tertiary alicyclic amines) is 1. The van der Waals surface area contributed by atoms with Gasteiger partial charge in [-0.3, -0.25) is 4.79 Å². The van der Waals surface area contributed by atoms with Crippen molar-refractivity contribution in [2.24, 2.45) is 0 Å². The summed E-state index contributed by atoms with van der Waals surface area (Å²) in [5, 5.41) is 8.06. The minimum Gasteiger partial charge on any atom is -0.496 e. The van der Waals surface area contributed by atoms with Gasteiger partial charge in [0.25, 0.3) is 0 Å². The van der Waals surface area contributed by atoms with E-state index in [1.54, 1.807) is 13.2 Å². The number of aromatic nitrogens is 2. The van der Waals surface area contributed by atoms with E-state index >= 15 is 0 Å². The number of anilines is 1. The van der Waals surface area contributed by atoms with E-state index in [0.717, 1.165) is 36.4 Å². The predicted molar refractivity (Wildman–Crippen MR) is 91.4 cm³/mol. The lowest BCUT2D eigenvalue weighted by Gasteiger charge is -2.24. The molecule has 1 aromatic heterocycles. The minimum atomic E-state index is 0.00303. The van der Waals surface area contributed by atoms with Gasteiger partial charge in [0.05, 0.1) is 18.8 Å². The first-order valence-corrected chi connectivity index (χ1v) is 8.19. The lowest BCUT2D eigenvalue weighted by Crippen LogP contribution is -2.31. The summed E-state index contributed by atoms with van der Waals surface area (Å²) in [5.41, 5.74) is 7.46. The molecule has 1 atom stereocenters. The van der Waals surface area contributed by atoms with Crippen LogP contribution >= 0.6 is 0 Å². The molecule has 3 rings (SSSR count). The maximum absolute atomic E-state index is 12.7. The molecule has 1 unspecified atom stereocenters. The number of ether oxygens (including phenoxy) is 1. The fourth-order valence-electron chi connectivity index (χ4n) is 3.20. The zero-order valence-electron chi connectivity index (χ0n) is 13.8. The number of benzene rings is 1. The molecule has 1 saturated heterocycles. The van der Waals surface area contributed by atoms with E-state index in [1.165, 1.54) is 0 Å². The number of carbonyl (C=O) groups is 1. The molecule has 1 aliphatic rings. The topological polar surface area (TPSA) is 81.3 Å². The molecular weight excluding hydrogens is 304 g/mol. The van der Waals surface area contributed by atoms with Gasteiger partial charge in [-0.05, 0) is 43.0 Å². The predicted octanol–water partition coefficient (Wildman–Crippen LogP) is 2.36. The van der Waals surface area contributed by atoms with Crippen LogP contribution in [0, 0.1) is 0 Å². The number of para-hydroxylation sites is 1. The Morgan fingerprint density at radius 1 is 1.29 bits per heavy atom. The molecule has 24 heavy (non-hydrogen) atoms. The number of rotatable bonds is 5. The molecule has 6 nitrogen and oxygen atoms in total. The van der Waals surface area contributed by atoms with Crippen LogP contribution in [0.4, 0.5) is 5.82 Å². The highest BCUT2D eigenvalue weighted by Gasteiger charge is 2.30. The molecule has 1 aliphatic heterocycles. The molecule has 6 heteroatoms. The number of amides is 1. The van der Waals surface area contributed by atoms with Gasteiger partial charge in [-0.1, -0.05) is 18.2 Å². The van der Waals surface area contributed by atoms with Gasteiger partial charge in [-0.2, -0.15) is 5.10 Å². The number of hydrogen-bond acceptors (Lipinski definition) is 5. The molecule has 0 saturated carbocycles. The summed E-state index contributed by atoms with van der Waals surface area (Å²) in [6.07, 6.45) is 3.02. The maximum Gasteiger partial charge on any atom is 0.223 e. The monoisotopic (exact) mass is 326 g/mol. The second-order valence-corrected chi connectivity index (χ2v) is 5.94. The largest absolute Gasteiger partial charge is 0.496 e. The third kappa shape index (κ3) is 3.48. The standard InChI is InChI=1S/C18H22N4O2/c1-24-16-7-3-2-5-13(16)8-11-18(23)22-12-4-6-15(22)14-9-10-17(19)21-20-14/h2-3,5,7,9-10,15H,4,6,8,11-12H2,1H3,(H2,19,21). The highest BCUT2D eigenvalue weighted by atomic mass is 16.5. The molecule has 0 aliphatic carbocycles. The summed E-state index contributed by atoms with van der Waals surface area (Å²) < 4.78 is 5.35. The van der Waals surface area contributed by atoms with E-state index in [2.05, 4.69) is 10.2 Å². The molecule has 0 spiro atoms. The summed E-state index contributed by atoms with van der Waals surface area (Å²) >= 11 is 0. The Hall–Kier alpha value is -2.63. The summed E-state index contributed by atoms with van der Waals surface area (Å²) in [4.78, 5) is 14.6. The van der Waals surface area contributed by atoms with E-state index in [1.807, 2.05) is 35.2 Å². The highest BCUT2D eigenvalue weighted by molar-refractivity contribution is 5.77. The quantitative estimate of drug-likeness (QED) is 0.912. The summed E-state index contributed by atoms with van der Waals surface area (Å²) in [5.74, 6) is 1.36. The summed E-state index contributed by atoms with van der Waals surface area (Å²) in [7, 11) is 1.65. The van der Waals surface area contributed by atoms with Gasteiger partial charge in [-0.25, -0.2) is 0 Å². The number of hydrogen-bond donors (Lipinski definition) is 1. The van der Waals surface area contributed by atoms with Crippen molar-refractivity contribution in [3.63, 3.8) is 0 Å². The van der Waals surface area contributed by atoms with Gasteiger partial charge in [0.2, 0.25) is 5.91 Å². The van der Waals surface area contributed by atoms with Crippen LogP contribution in [-0.2, 0) is 11.2 Å². The first-order valence-electron chi connectivity index (χ1n) is 8.19. The molecular formula is C18H22N4O2. The van der Waals surface area contributed by atoms with Crippen molar-refractivity contribution in [2.45, 2.75) is 31.7 Å². The van der Waals surface area contributed by atoms with Gasteiger partial charge in [0.15, 0.2) is 0 Å². The molecule has 1 amide bonds. The Bertz CT molecular complexity index is 702. The number of nitrogens with zero attached hydrogens (tertiary/aromatic N) is 3. The fourth-order valence-corrected chi connectivity index (χ4v) is 3.20. The molecule has 2 heterocycles. The minimum absolute atomic E-state index is 0.00303. The van der Waals surface area contributed by atoms with Gasteiger partial charge >= 0.3 is 0 Å². The average Bonchev–Trinajstić information content (AvgIpc) is 3.10. The van der Waals surface area contributed by atoms with Crippen molar-refractivity contribution in [2.75, 3.05) is 19.4 Å². The van der Waals surface area contributed by atoms with Crippen molar-refractivity contribution in [3.8, 4) is 5.75 Å². The summed E-state index contributed by atoms with van der Waals surface area (Å²) in [6.45, 7) is 0.765. The fraction of sp³-hybridized carbons (Fsp3) is 0.389. The Morgan fingerprint density at radius 3 is 2.88 bits per heavy atom.